The molecule has 0 saturated carbocycles. The molecule has 0 aliphatic rings. The number of fused-ring (bicyclic) bond motifs is 1. The second-order valence-electron chi connectivity index (χ2n) is 11.6. The lowest BCUT2D eigenvalue weighted by atomic mass is 9.89. The summed E-state index contributed by atoms with van der Waals surface area (Å²) >= 11 is 0. The molecular formula is C36H48O5. The molecule has 0 bridgehead atoms. The molecule has 3 aromatic rings. The number of unbranched alkanes of at least 4 members (excludes halogenated alkanes) is 9. The van der Waals surface area contributed by atoms with Crippen LogP contribution in [0.2, 0.25) is 0 Å². The molecule has 0 amide bonds. The third-order valence-corrected chi connectivity index (χ3v) is 7.58. The minimum absolute atomic E-state index is 0.299. The van der Waals surface area contributed by atoms with E-state index >= 15 is 0 Å². The highest BCUT2D eigenvalue weighted by Gasteiger charge is 2.16. The lowest BCUT2D eigenvalue weighted by Crippen LogP contribution is -2.06. The number of ether oxygens (including phenoxy) is 2. The van der Waals surface area contributed by atoms with E-state index < -0.39 is 0 Å². The Balaban J connectivity index is 1.40. The van der Waals surface area contributed by atoms with Gasteiger partial charge in [0.15, 0.2) is 0 Å². The minimum Gasteiger partial charge on any atom is -0.493 e. The molecule has 3 rings (SSSR count). The van der Waals surface area contributed by atoms with E-state index in [0.29, 0.717) is 36.2 Å². The van der Waals surface area contributed by atoms with Crippen molar-refractivity contribution in [3.8, 4) is 16.9 Å². The Morgan fingerprint density at radius 1 is 0.780 bits per heavy atom. The van der Waals surface area contributed by atoms with Crippen molar-refractivity contribution in [2.75, 3.05) is 13.2 Å². The van der Waals surface area contributed by atoms with E-state index in [1.165, 1.54) is 55.7 Å². The molecule has 2 aromatic carbocycles. The van der Waals surface area contributed by atoms with Gasteiger partial charge in [0.2, 0.25) is 0 Å². The summed E-state index contributed by atoms with van der Waals surface area (Å²) in [6.07, 6.45) is 12.8. The Morgan fingerprint density at radius 2 is 1.41 bits per heavy atom. The van der Waals surface area contributed by atoms with Crippen molar-refractivity contribution < 1.29 is 18.7 Å². The SMILES string of the molecule is C=CC(=O)OCCCCCCCCCCCCOc1ccc2cc(-c3ccc(C(C)C)cc3C(C)C)c(=O)oc2c1. The Kier molecular flexibility index (Phi) is 13.2. The molecule has 5 nitrogen and oxygen atoms in total. The number of carbonyl (C=O) groups excluding carboxylic acids is 1. The summed E-state index contributed by atoms with van der Waals surface area (Å²) in [6, 6.07) is 14.1. The Hall–Kier alpha value is -3.34. The van der Waals surface area contributed by atoms with Crippen LogP contribution in [-0.2, 0) is 9.53 Å². The maximum Gasteiger partial charge on any atom is 0.344 e. The van der Waals surface area contributed by atoms with Crippen LogP contribution in [0.5, 0.6) is 5.75 Å². The van der Waals surface area contributed by atoms with Gasteiger partial charge >= 0.3 is 11.6 Å². The van der Waals surface area contributed by atoms with Gasteiger partial charge in [-0.15, -0.1) is 0 Å². The van der Waals surface area contributed by atoms with Crippen molar-refractivity contribution in [2.45, 2.75) is 104 Å². The van der Waals surface area contributed by atoms with Crippen molar-refractivity contribution in [3.63, 3.8) is 0 Å². The number of hydrogen-bond acceptors (Lipinski definition) is 5. The van der Waals surface area contributed by atoms with E-state index in [2.05, 4.69) is 52.5 Å². The van der Waals surface area contributed by atoms with E-state index in [-0.39, 0.29) is 11.6 Å². The summed E-state index contributed by atoms with van der Waals surface area (Å²) in [6.45, 7) is 13.2. The average molecular weight is 561 g/mol. The van der Waals surface area contributed by atoms with Crippen LogP contribution in [0.3, 0.4) is 0 Å². The molecule has 0 N–H and O–H groups in total. The van der Waals surface area contributed by atoms with Crippen molar-refractivity contribution in [1.29, 1.82) is 0 Å². The number of benzene rings is 2. The molecule has 0 atom stereocenters. The number of carbonyl (C=O) groups is 1. The molecule has 0 aliphatic carbocycles. The first-order valence-electron chi connectivity index (χ1n) is 15.4. The standard InChI is InChI=1S/C36H48O5/c1-6-35(37)40-22-16-14-12-10-8-7-9-11-13-15-21-39-30-19-17-29-24-33(36(38)41-34(29)25-30)31-20-18-28(26(2)3)23-32(31)27(4)5/h6,17-20,23-27H,1,7-16,21-22H2,2-5H3. The molecule has 1 aromatic heterocycles. The molecule has 222 valence electrons. The molecule has 0 fully saturated rings. The third kappa shape index (κ3) is 10.2. The van der Waals surface area contributed by atoms with Gasteiger partial charge in [0, 0.05) is 17.5 Å². The highest BCUT2D eigenvalue weighted by atomic mass is 16.5. The van der Waals surface area contributed by atoms with Gasteiger partial charge in [-0.1, -0.05) is 104 Å². The second-order valence-corrected chi connectivity index (χ2v) is 11.6. The maximum atomic E-state index is 13.0. The van der Waals surface area contributed by atoms with Crippen molar-refractivity contribution >= 4 is 16.9 Å². The summed E-state index contributed by atoms with van der Waals surface area (Å²) in [7, 11) is 0. The van der Waals surface area contributed by atoms with Crippen LogP contribution in [0.15, 0.2) is 64.3 Å². The summed E-state index contributed by atoms with van der Waals surface area (Å²) in [4.78, 5) is 24.0. The van der Waals surface area contributed by atoms with E-state index in [0.717, 1.165) is 42.4 Å². The fourth-order valence-electron chi connectivity index (χ4n) is 5.07. The summed E-state index contributed by atoms with van der Waals surface area (Å²) in [5.41, 5.74) is 4.24. The predicted octanol–water partition coefficient (Wildman–Crippen LogP) is 9.72. The summed E-state index contributed by atoms with van der Waals surface area (Å²) in [5.74, 6) is 1.13. The van der Waals surface area contributed by atoms with Gasteiger partial charge in [-0.2, -0.15) is 0 Å². The zero-order chi connectivity index (χ0) is 29.6. The highest BCUT2D eigenvalue weighted by molar-refractivity contribution is 5.83. The van der Waals surface area contributed by atoms with Crippen LogP contribution >= 0.6 is 0 Å². The molecule has 0 aliphatic heterocycles. The molecule has 0 saturated heterocycles. The van der Waals surface area contributed by atoms with E-state index in [1.807, 2.05) is 24.3 Å². The molecule has 41 heavy (non-hydrogen) atoms. The fraction of sp³-hybridized carbons (Fsp3) is 0.500. The highest BCUT2D eigenvalue weighted by Crippen LogP contribution is 2.32. The van der Waals surface area contributed by atoms with E-state index in [9.17, 15) is 9.59 Å². The Bertz CT molecular complexity index is 1320. The predicted molar refractivity (Wildman–Crippen MR) is 169 cm³/mol. The lowest BCUT2D eigenvalue weighted by molar-refractivity contribution is -0.137. The fourth-order valence-corrected chi connectivity index (χ4v) is 5.07. The van der Waals surface area contributed by atoms with Gasteiger partial charge in [-0.3, -0.25) is 0 Å². The minimum atomic E-state index is -0.334. The number of hydrogen-bond donors (Lipinski definition) is 0. The van der Waals surface area contributed by atoms with Crippen LogP contribution in [0.4, 0.5) is 0 Å². The van der Waals surface area contributed by atoms with Gasteiger partial charge in [0.25, 0.3) is 0 Å². The van der Waals surface area contributed by atoms with Gasteiger partial charge in [0.05, 0.1) is 18.8 Å². The first-order valence-corrected chi connectivity index (χ1v) is 15.4. The zero-order valence-corrected chi connectivity index (χ0v) is 25.5. The topological polar surface area (TPSA) is 65.7 Å². The molecule has 5 heteroatoms. The first kappa shape index (κ1) is 32.2. The van der Waals surface area contributed by atoms with Crippen LogP contribution < -0.4 is 10.4 Å². The number of rotatable bonds is 18. The normalized spacial score (nSPS) is 11.4. The Labute approximate surface area is 245 Å². The quantitative estimate of drug-likeness (QED) is 0.0670. The maximum absolute atomic E-state index is 13.0. The van der Waals surface area contributed by atoms with Gasteiger partial charge in [-0.05, 0) is 59.6 Å². The number of esters is 1. The Morgan fingerprint density at radius 3 is 2.02 bits per heavy atom. The van der Waals surface area contributed by atoms with E-state index in [1.54, 1.807) is 0 Å². The second kappa shape index (κ2) is 16.8. The largest absolute Gasteiger partial charge is 0.493 e. The van der Waals surface area contributed by atoms with Crippen LogP contribution in [-0.4, -0.2) is 19.2 Å². The smallest absolute Gasteiger partial charge is 0.344 e. The molecule has 0 unspecified atom stereocenters. The van der Waals surface area contributed by atoms with Gasteiger partial charge < -0.3 is 13.9 Å². The molecule has 0 radical (unpaired) electrons. The van der Waals surface area contributed by atoms with Gasteiger partial charge in [-0.25, -0.2) is 9.59 Å². The summed E-state index contributed by atoms with van der Waals surface area (Å²) < 4.78 is 16.7. The van der Waals surface area contributed by atoms with Crippen molar-refractivity contribution in [3.05, 3.63) is 76.7 Å². The zero-order valence-electron chi connectivity index (χ0n) is 25.5. The first-order chi connectivity index (χ1) is 19.8. The molecule has 1 heterocycles. The monoisotopic (exact) mass is 560 g/mol. The lowest BCUT2D eigenvalue weighted by Gasteiger charge is -2.16. The molecule has 0 spiro atoms. The third-order valence-electron chi connectivity index (χ3n) is 7.58. The van der Waals surface area contributed by atoms with E-state index in [4.69, 9.17) is 13.9 Å². The molecular weight excluding hydrogens is 512 g/mol. The van der Waals surface area contributed by atoms with Crippen LogP contribution in [0.25, 0.3) is 22.1 Å². The average Bonchev–Trinajstić information content (AvgIpc) is 2.96. The van der Waals surface area contributed by atoms with Crippen LogP contribution in [0, 0.1) is 0 Å². The van der Waals surface area contributed by atoms with Crippen molar-refractivity contribution in [2.24, 2.45) is 0 Å². The summed E-state index contributed by atoms with van der Waals surface area (Å²) in [5, 5.41) is 0.894. The van der Waals surface area contributed by atoms with Gasteiger partial charge in [0.1, 0.15) is 11.3 Å². The van der Waals surface area contributed by atoms with Crippen LogP contribution in [0.1, 0.15) is 115 Å². The van der Waals surface area contributed by atoms with Crippen molar-refractivity contribution in [1.82, 2.24) is 0 Å².